The lowest BCUT2D eigenvalue weighted by atomic mass is 9.73. The van der Waals surface area contributed by atoms with Crippen LogP contribution in [0.15, 0.2) is 72.8 Å². The zero-order valence-electron chi connectivity index (χ0n) is 26.5. The Labute approximate surface area is 273 Å². The summed E-state index contributed by atoms with van der Waals surface area (Å²) in [5.41, 5.74) is 5.32. The number of rotatable bonds is 6. The van der Waals surface area contributed by atoms with Gasteiger partial charge in [-0.05, 0) is 94.9 Å². The molecule has 0 amide bonds. The molecule has 4 aromatic rings. The van der Waals surface area contributed by atoms with E-state index in [0.29, 0.717) is 24.3 Å². The number of carbonyl (C=O) groups is 1. The Morgan fingerprint density at radius 1 is 0.915 bits per heavy atom. The van der Waals surface area contributed by atoms with Crippen LogP contribution < -0.4 is 18.9 Å². The van der Waals surface area contributed by atoms with Crippen LogP contribution in [-0.4, -0.2) is 68.6 Å². The van der Waals surface area contributed by atoms with Crippen LogP contribution in [-0.2, 0) is 22.4 Å². The summed E-state index contributed by atoms with van der Waals surface area (Å²) in [5.74, 6) is 2.29. The Balaban J connectivity index is 1.15. The van der Waals surface area contributed by atoms with Gasteiger partial charge in [0.1, 0.15) is 12.6 Å². The number of methoxy groups -OCH3 is 2. The molecule has 0 aromatic heterocycles. The van der Waals surface area contributed by atoms with Crippen molar-refractivity contribution in [3.63, 3.8) is 0 Å². The van der Waals surface area contributed by atoms with Crippen molar-refractivity contribution in [2.75, 3.05) is 34.7 Å². The van der Waals surface area contributed by atoms with Gasteiger partial charge in [0, 0.05) is 18.2 Å². The van der Waals surface area contributed by atoms with Gasteiger partial charge in [0.25, 0.3) is 0 Å². The van der Waals surface area contributed by atoms with Crippen molar-refractivity contribution in [1.82, 2.24) is 9.80 Å². The second kappa shape index (κ2) is 11.6. The molecule has 0 N–H and O–H groups in total. The van der Waals surface area contributed by atoms with E-state index in [-0.39, 0.29) is 37.6 Å². The average molecular weight is 630 g/mol. The van der Waals surface area contributed by atoms with Crippen LogP contribution in [0.5, 0.6) is 23.0 Å². The minimum Gasteiger partial charge on any atom is -0.493 e. The van der Waals surface area contributed by atoms with Gasteiger partial charge in [-0.1, -0.05) is 36.4 Å². The van der Waals surface area contributed by atoms with Crippen LogP contribution in [0, 0.1) is 11.3 Å². The zero-order chi connectivity index (χ0) is 32.2. The van der Waals surface area contributed by atoms with Crippen LogP contribution in [0.1, 0.15) is 39.9 Å². The molecule has 9 heteroatoms. The first kappa shape index (κ1) is 29.4. The second-order valence-electron chi connectivity index (χ2n) is 12.6. The van der Waals surface area contributed by atoms with E-state index in [9.17, 15) is 10.1 Å². The molecule has 4 aliphatic rings. The molecule has 0 aliphatic carbocycles. The Bertz CT molecular complexity index is 1970. The van der Waals surface area contributed by atoms with Crippen molar-refractivity contribution in [2.24, 2.45) is 0 Å². The molecule has 238 valence electrons. The van der Waals surface area contributed by atoms with Crippen LogP contribution >= 0.6 is 0 Å². The van der Waals surface area contributed by atoms with Gasteiger partial charge in [0.2, 0.25) is 6.79 Å². The van der Waals surface area contributed by atoms with E-state index < -0.39 is 12.0 Å². The minimum atomic E-state index is -0.446. The highest BCUT2D eigenvalue weighted by Crippen LogP contribution is 2.52. The number of carbonyl (C=O) groups excluding carboxylic acids is 1. The summed E-state index contributed by atoms with van der Waals surface area (Å²) >= 11 is 0. The largest absolute Gasteiger partial charge is 0.493 e. The van der Waals surface area contributed by atoms with Gasteiger partial charge in [-0.2, -0.15) is 5.26 Å². The van der Waals surface area contributed by atoms with E-state index >= 15 is 0 Å². The molecule has 4 aliphatic heterocycles. The molecule has 4 aromatic carbocycles. The summed E-state index contributed by atoms with van der Waals surface area (Å²) in [6.07, 6.45) is 4.62. The zero-order valence-corrected chi connectivity index (χ0v) is 26.5. The lowest BCUT2D eigenvalue weighted by Gasteiger charge is -2.59. The molecule has 5 atom stereocenters. The highest BCUT2D eigenvalue weighted by Gasteiger charge is 2.54. The molecule has 0 spiro atoms. The number of nitriles is 1. The number of ether oxygens (including phenoxy) is 5. The molecule has 4 heterocycles. The van der Waals surface area contributed by atoms with Crippen LogP contribution in [0.3, 0.4) is 0 Å². The molecule has 2 bridgehead atoms. The fourth-order valence-electron chi connectivity index (χ4n) is 8.09. The molecule has 0 radical (unpaired) electrons. The molecule has 9 nitrogen and oxygen atoms in total. The fraction of sp³-hybridized carbons (Fsp3) is 0.316. The number of likely N-dealkylation sites (N-methyl/N-ethyl adjacent to an activating group) is 1. The third-order valence-corrected chi connectivity index (χ3v) is 10.3. The topological polar surface area (TPSA) is 93.5 Å². The predicted octanol–water partition coefficient (Wildman–Crippen LogP) is 5.61. The predicted molar refractivity (Wildman–Crippen MR) is 176 cm³/mol. The SMILES string of the molecule is COc1cc2c(cc1OC)[C@H](COC(=O)/C=C/c1ccc3ccccc3c1)N1C(C2)[C@H]2c3cc4c(cc3C[C@@H]([C@@H]1C#N)N2C)OCO4. The van der Waals surface area contributed by atoms with Crippen molar-refractivity contribution in [3.05, 3.63) is 101 Å². The summed E-state index contributed by atoms with van der Waals surface area (Å²) < 4.78 is 28.9. The Hall–Kier alpha value is -5.04. The number of esters is 1. The summed E-state index contributed by atoms with van der Waals surface area (Å²) in [6.45, 7) is 0.283. The molecular weight excluding hydrogens is 594 g/mol. The summed E-state index contributed by atoms with van der Waals surface area (Å²) in [6, 6.07) is 24.0. The van der Waals surface area contributed by atoms with E-state index in [2.05, 4.69) is 47.2 Å². The number of benzene rings is 4. The van der Waals surface area contributed by atoms with Gasteiger partial charge in [-0.15, -0.1) is 0 Å². The Morgan fingerprint density at radius 2 is 1.64 bits per heavy atom. The molecular formula is C38H35N3O6. The van der Waals surface area contributed by atoms with Crippen molar-refractivity contribution < 1.29 is 28.5 Å². The molecule has 1 unspecified atom stereocenters. The second-order valence-corrected chi connectivity index (χ2v) is 12.6. The number of hydrogen-bond donors (Lipinski definition) is 0. The summed E-state index contributed by atoms with van der Waals surface area (Å²) in [7, 11) is 5.36. The van der Waals surface area contributed by atoms with E-state index in [1.165, 1.54) is 17.2 Å². The van der Waals surface area contributed by atoms with Gasteiger partial charge in [0.15, 0.2) is 23.0 Å². The first-order chi connectivity index (χ1) is 23.0. The first-order valence-corrected chi connectivity index (χ1v) is 15.9. The van der Waals surface area contributed by atoms with E-state index in [4.69, 9.17) is 23.7 Å². The first-order valence-electron chi connectivity index (χ1n) is 15.9. The average Bonchev–Trinajstić information content (AvgIpc) is 3.55. The highest BCUT2D eigenvalue weighted by molar-refractivity contribution is 5.89. The quantitative estimate of drug-likeness (QED) is 0.199. The standard InChI is InChI=1S/C38H35N3O6/c1-40-29-13-26-16-35-36(47-21-46-35)18-28(26)38(40)30-14-25-15-33(43-2)34(44-3)17-27(25)32(41(30)31(29)19-39)20-45-37(42)11-9-22-8-10-23-6-4-5-7-24(23)12-22/h4-12,15-18,29-32,38H,13-14,20-21H2,1-3H3/b11-9+/t29-,30?,31-,32-,38+/m0/s1. The molecule has 8 rings (SSSR count). The van der Waals surface area contributed by atoms with E-state index in [0.717, 1.165) is 39.0 Å². The van der Waals surface area contributed by atoms with Crippen molar-refractivity contribution >= 4 is 22.8 Å². The molecule has 0 saturated carbocycles. The maximum atomic E-state index is 13.2. The van der Waals surface area contributed by atoms with Gasteiger partial charge < -0.3 is 23.7 Å². The maximum absolute atomic E-state index is 13.2. The Kier molecular flexibility index (Phi) is 7.27. The van der Waals surface area contributed by atoms with Gasteiger partial charge in [0.05, 0.1) is 32.4 Å². The lowest BCUT2D eigenvalue weighted by Crippen LogP contribution is -2.68. The normalized spacial score (nSPS) is 24.3. The Morgan fingerprint density at radius 3 is 2.43 bits per heavy atom. The van der Waals surface area contributed by atoms with E-state index in [1.807, 2.05) is 42.5 Å². The molecule has 1 fully saturated rings. The number of fused-ring (bicyclic) bond motifs is 9. The lowest BCUT2D eigenvalue weighted by molar-refractivity contribution is -0.143. The number of hydrogen-bond acceptors (Lipinski definition) is 9. The number of piperazine rings is 1. The van der Waals surface area contributed by atoms with Gasteiger partial charge >= 0.3 is 5.97 Å². The minimum absolute atomic E-state index is 0.0184. The molecule has 47 heavy (non-hydrogen) atoms. The van der Waals surface area contributed by atoms with Gasteiger partial charge in [-0.25, -0.2) is 4.79 Å². The van der Waals surface area contributed by atoms with Crippen molar-refractivity contribution in [3.8, 4) is 29.1 Å². The maximum Gasteiger partial charge on any atom is 0.330 e. The van der Waals surface area contributed by atoms with Crippen molar-refractivity contribution in [2.45, 2.75) is 43.1 Å². The van der Waals surface area contributed by atoms with Gasteiger partial charge in [-0.3, -0.25) is 9.80 Å². The third kappa shape index (κ3) is 4.87. The van der Waals surface area contributed by atoms with Crippen molar-refractivity contribution in [1.29, 1.82) is 5.26 Å². The van der Waals surface area contributed by atoms with Crippen LogP contribution in [0.2, 0.25) is 0 Å². The fourth-order valence-corrected chi connectivity index (χ4v) is 8.09. The monoisotopic (exact) mass is 629 g/mol. The van der Waals surface area contributed by atoms with Crippen LogP contribution in [0.25, 0.3) is 16.8 Å². The third-order valence-electron chi connectivity index (χ3n) is 10.3. The molecule has 1 saturated heterocycles. The highest BCUT2D eigenvalue weighted by atomic mass is 16.7. The number of nitrogens with zero attached hydrogens (tertiary/aromatic N) is 3. The smallest absolute Gasteiger partial charge is 0.330 e. The van der Waals surface area contributed by atoms with Crippen LogP contribution in [0.4, 0.5) is 0 Å². The summed E-state index contributed by atoms with van der Waals surface area (Å²) in [4.78, 5) is 17.9. The van der Waals surface area contributed by atoms with E-state index in [1.54, 1.807) is 20.3 Å². The summed E-state index contributed by atoms with van der Waals surface area (Å²) in [5, 5.41) is 13.0.